The largest absolute Gasteiger partial charge is 0.360 e. The summed E-state index contributed by atoms with van der Waals surface area (Å²) in [6.07, 6.45) is 0.998. The number of thioether (sulfide) groups is 1. The van der Waals surface area contributed by atoms with Gasteiger partial charge in [-0.3, -0.25) is 4.79 Å². The lowest BCUT2D eigenvalue weighted by Gasteiger charge is -2.30. The summed E-state index contributed by atoms with van der Waals surface area (Å²) in [5.74, 6) is 0.857. The number of amides is 1. The highest BCUT2D eigenvalue weighted by Crippen LogP contribution is 2.27. The molecule has 0 aliphatic carbocycles. The quantitative estimate of drug-likeness (QED) is 0.506. The van der Waals surface area contributed by atoms with Crippen LogP contribution in [0, 0.1) is 19.8 Å². The summed E-state index contributed by atoms with van der Waals surface area (Å²) < 4.78 is 32.1. The SMILES string of the molecule is Cc1noc(C)c1S(=O)(=O)N1CCC(C(=O)NCCSc2ccc(Cl)cc2)CC1. The minimum Gasteiger partial charge on any atom is -0.360 e. The van der Waals surface area contributed by atoms with E-state index in [2.05, 4.69) is 10.5 Å². The number of benzene rings is 1. The van der Waals surface area contributed by atoms with Gasteiger partial charge in [0.05, 0.1) is 0 Å². The Hall–Kier alpha value is -1.55. The molecule has 0 saturated carbocycles. The van der Waals surface area contributed by atoms with Crippen LogP contribution in [0.1, 0.15) is 24.3 Å². The summed E-state index contributed by atoms with van der Waals surface area (Å²) in [7, 11) is -3.65. The van der Waals surface area contributed by atoms with Crippen molar-refractivity contribution in [2.45, 2.75) is 36.5 Å². The van der Waals surface area contributed by atoms with E-state index in [9.17, 15) is 13.2 Å². The molecule has 1 aromatic carbocycles. The van der Waals surface area contributed by atoms with E-state index in [0.29, 0.717) is 49.0 Å². The van der Waals surface area contributed by atoms with Crippen molar-refractivity contribution in [1.82, 2.24) is 14.8 Å². The highest BCUT2D eigenvalue weighted by atomic mass is 35.5. The topological polar surface area (TPSA) is 92.5 Å². The van der Waals surface area contributed by atoms with Crippen LogP contribution in [0.4, 0.5) is 0 Å². The predicted molar refractivity (Wildman–Crippen MR) is 113 cm³/mol. The Morgan fingerprint density at radius 3 is 2.52 bits per heavy atom. The zero-order valence-electron chi connectivity index (χ0n) is 16.4. The third-order valence-corrected chi connectivity index (χ3v) is 8.28. The first kappa shape index (κ1) is 22.1. The molecule has 1 aliphatic rings. The average molecular weight is 458 g/mol. The number of hydrogen-bond donors (Lipinski definition) is 1. The van der Waals surface area contributed by atoms with Gasteiger partial charge < -0.3 is 9.84 Å². The van der Waals surface area contributed by atoms with Gasteiger partial charge in [-0.15, -0.1) is 11.8 Å². The zero-order valence-corrected chi connectivity index (χ0v) is 18.7. The first-order valence-electron chi connectivity index (χ1n) is 9.38. The van der Waals surface area contributed by atoms with Gasteiger partial charge in [-0.1, -0.05) is 16.8 Å². The molecular formula is C19H24ClN3O4S2. The van der Waals surface area contributed by atoms with Crippen molar-refractivity contribution in [3.8, 4) is 0 Å². The van der Waals surface area contributed by atoms with Crippen molar-refractivity contribution < 1.29 is 17.7 Å². The van der Waals surface area contributed by atoms with Crippen molar-refractivity contribution in [2.24, 2.45) is 5.92 Å². The van der Waals surface area contributed by atoms with Crippen LogP contribution in [0.15, 0.2) is 38.6 Å². The van der Waals surface area contributed by atoms with Gasteiger partial charge in [0.1, 0.15) is 10.6 Å². The molecule has 1 saturated heterocycles. The van der Waals surface area contributed by atoms with E-state index in [1.165, 1.54) is 4.31 Å². The second-order valence-corrected chi connectivity index (χ2v) is 10.4. The number of carbonyl (C=O) groups excluding carboxylic acids is 1. The van der Waals surface area contributed by atoms with Gasteiger partial charge in [-0.25, -0.2) is 8.42 Å². The van der Waals surface area contributed by atoms with Gasteiger partial charge in [0.15, 0.2) is 5.76 Å². The van der Waals surface area contributed by atoms with Gasteiger partial charge in [-0.2, -0.15) is 4.31 Å². The number of carbonyl (C=O) groups is 1. The number of nitrogens with one attached hydrogen (secondary N) is 1. The Bertz CT molecular complexity index is 933. The standard InChI is InChI=1S/C19H24ClN3O4S2/c1-13-18(14(2)27-22-13)29(25,26)23-10-7-15(8-11-23)19(24)21-9-12-28-17-5-3-16(20)4-6-17/h3-6,15H,7-12H2,1-2H3,(H,21,24). The van der Waals surface area contributed by atoms with Gasteiger partial charge in [-0.05, 0) is 51.0 Å². The lowest BCUT2D eigenvalue weighted by molar-refractivity contribution is -0.125. The van der Waals surface area contributed by atoms with Crippen LogP contribution in [-0.4, -0.2) is 49.2 Å². The fourth-order valence-electron chi connectivity index (χ4n) is 3.35. The molecule has 7 nitrogen and oxygen atoms in total. The smallest absolute Gasteiger partial charge is 0.248 e. The van der Waals surface area contributed by atoms with Gasteiger partial charge >= 0.3 is 0 Å². The number of hydrogen-bond acceptors (Lipinski definition) is 6. The van der Waals surface area contributed by atoms with Gasteiger partial charge in [0.2, 0.25) is 15.9 Å². The molecule has 2 heterocycles. The molecule has 1 fully saturated rings. The lowest BCUT2D eigenvalue weighted by atomic mass is 9.97. The van der Waals surface area contributed by atoms with Crippen LogP contribution in [0.25, 0.3) is 0 Å². The van der Waals surface area contributed by atoms with E-state index in [1.807, 2.05) is 24.3 Å². The van der Waals surface area contributed by atoms with E-state index in [1.54, 1.807) is 25.6 Å². The fraction of sp³-hybridized carbons (Fsp3) is 0.474. The maximum absolute atomic E-state index is 12.8. The van der Waals surface area contributed by atoms with Crippen LogP contribution in [0.5, 0.6) is 0 Å². The molecule has 2 aromatic rings. The molecule has 10 heteroatoms. The van der Waals surface area contributed by atoms with E-state index < -0.39 is 10.0 Å². The summed E-state index contributed by atoms with van der Waals surface area (Å²) in [5.41, 5.74) is 0.362. The molecule has 29 heavy (non-hydrogen) atoms. The number of sulfonamides is 1. The number of aryl methyl sites for hydroxylation is 2. The third kappa shape index (κ3) is 5.33. The molecule has 1 aromatic heterocycles. The first-order chi connectivity index (χ1) is 13.8. The molecule has 1 N–H and O–H groups in total. The second kappa shape index (κ2) is 9.51. The summed E-state index contributed by atoms with van der Waals surface area (Å²) in [5, 5.41) is 7.39. The lowest BCUT2D eigenvalue weighted by Crippen LogP contribution is -2.43. The molecule has 0 bridgehead atoms. The van der Waals surface area contributed by atoms with Gasteiger partial charge in [0.25, 0.3) is 0 Å². The predicted octanol–water partition coefficient (Wildman–Crippen LogP) is 3.25. The van der Waals surface area contributed by atoms with Crippen LogP contribution < -0.4 is 5.32 Å². The van der Waals surface area contributed by atoms with Crippen molar-refractivity contribution in [3.05, 3.63) is 40.7 Å². The number of piperidine rings is 1. The van der Waals surface area contributed by atoms with Crippen LogP contribution >= 0.6 is 23.4 Å². The summed E-state index contributed by atoms with van der Waals surface area (Å²) in [6.45, 7) is 4.39. The number of aromatic nitrogens is 1. The molecule has 0 spiro atoms. The molecule has 158 valence electrons. The summed E-state index contributed by atoms with van der Waals surface area (Å²) >= 11 is 7.52. The van der Waals surface area contributed by atoms with E-state index >= 15 is 0 Å². The Kier molecular flexibility index (Phi) is 7.26. The number of nitrogens with zero attached hydrogens (tertiary/aromatic N) is 2. The summed E-state index contributed by atoms with van der Waals surface area (Å²) in [4.78, 5) is 13.7. The van der Waals surface area contributed by atoms with Crippen molar-refractivity contribution >= 4 is 39.3 Å². The first-order valence-corrected chi connectivity index (χ1v) is 12.2. The van der Waals surface area contributed by atoms with Crippen LogP contribution in [-0.2, 0) is 14.8 Å². The summed E-state index contributed by atoms with van der Waals surface area (Å²) in [6, 6.07) is 7.58. The maximum Gasteiger partial charge on any atom is 0.248 e. The normalized spacial score (nSPS) is 16.1. The number of halogens is 1. The second-order valence-electron chi connectivity index (χ2n) is 6.93. The molecule has 1 amide bonds. The Balaban J connectivity index is 1.45. The Labute approximate surface area is 180 Å². The fourth-order valence-corrected chi connectivity index (χ4v) is 6.00. The molecule has 0 unspecified atom stereocenters. The monoisotopic (exact) mass is 457 g/mol. The Morgan fingerprint density at radius 2 is 1.93 bits per heavy atom. The molecule has 0 radical (unpaired) electrons. The van der Waals surface area contributed by atoms with Crippen molar-refractivity contribution in [1.29, 1.82) is 0 Å². The highest BCUT2D eigenvalue weighted by molar-refractivity contribution is 7.99. The minimum atomic E-state index is -3.65. The molecular weight excluding hydrogens is 434 g/mol. The molecule has 1 aliphatic heterocycles. The molecule has 3 rings (SSSR count). The minimum absolute atomic E-state index is 0.0175. The van der Waals surface area contributed by atoms with E-state index in [-0.39, 0.29) is 16.7 Å². The maximum atomic E-state index is 12.8. The number of rotatable bonds is 7. The zero-order chi connectivity index (χ0) is 21.0. The van der Waals surface area contributed by atoms with E-state index in [0.717, 1.165) is 10.6 Å². The Morgan fingerprint density at radius 1 is 1.28 bits per heavy atom. The molecule has 0 atom stereocenters. The van der Waals surface area contributed by atoms with Crippen molar-refractivity contribution in [2.75, 3.05) is 25.4 Å². The average Bonchev–Trinajstić information content (AvgIpc) is 3.05. The highest BCUT2D eigenvalue weighted by Gasteiger charge is 2.35. The van der Waals surface area contributed by atoms with E-state index in [4.69, 9.17) is 16.1 Å². The van der Waals surface area contributed by atoms with Gasteiger partial charge in [0, 0.05) is 41.2 Å². The van der Waals surface area contributed by atoms with Crippen LogP contribution in [0.3, 0.4) is 0 Å². The third-order valence-electron chi connectivity index (χ3n) is 4.87. The van der Waals surface area contributed by atoms with Crippen molar-refractivity contribution in [3.63, 3.8) is 0 Å². The van der Waals surface area contributed by atoms with Crippen LogP contribution in [0.2, 0.25) is 5.02 Å².